The molecule has 0 radical (unpaired) electrons. The number of aliphatic imine (C=N–C) groups is 1. The molecule has 5 heteroatoms. The molecule has 0 atom stereocenters. The molecule has 1 heterocycles. The van der Waals surface area contributed by atoms with E-state index in [4.69, 9.17) is 9.73 Å². The van der Waals surface area contributed by atoms with E-state index in [-0.39, 0.29) is 5.91 Å². The van der Waals surface area contributed by atoms with Gasteiger partial charge in [0.1, 0.15) is 5.75 Å². The van der Waals surface area contributed by atoms with E-state index >= 15 is 0 Å². The molecule has 4 rings (SSSR count). The molecule has 0 spiro atoms. The maximum Gasteiger partial charge on any atom is 0.251 e. The topological polar surface area (TPSA) is 50.7 Å². The lowest BCUT2D eigenvalue weighted by atomic mass is 10.1. The van der Waals surface area contributed by atoms with Crippen molar-refractivity contribution in [1.29, 1.82) is 0 Å². The summed E-state index contributed by atoms with van der Waals surface area (Å²) in [6, 6.07) is 19.8. The lowest BCUT2D eigenvalue weighted by molar-refractivity contribution is 0.0951. The van der Waals surface area contributed by atoms with E-state index in [1.165, 1.54) is 10.5 Å². The van der Waals surface area contributed by atoms with Crippen LogP contribution >= 0.6 is 11.8 Å². The van der Waals surface area contributed by atoms with Crippen molar-refractivity contribution >= 4 is 29.1 Å². The number of fused-ring (bicyclic) bond motifs is 2. The normalized spacial score (nSPS) is 12.3. The number of nitrogens with zero attached hydrogens (tertiary/aromatic N) is 1. The van der Waals surface area contributed by atoms with Crippen molar-refractivity contribution < 1.29 is 9.53 Å². The number of methoxy groups -OCH3 is 1. The molecule has 0 aliphatic carbocycles. The summed E-state index contributed by atoms with van der Waals surface area (Å²) in [5.41, 5.74) is 5.78. The highest BCUT2D eigenvalue weighted by molar-refractivity contribution is 7.99. The zero-order valence-corrected chi connectivity index (χ0v) is 17.5. The highest BCUT2D eigenvalue weighted by Crippen LogP contribution is 2.40. The average molecular weight is 403 g/mol. The van der Waals surface area contributed by atoms with Gasteiger partial charge in [0.05, 0.1) is 12.8 Å². The summed E-state index contributed by atoms with van der Waals surface area (Å²) in [6.07, 6.45) is 0. The van der Waals surface area contributed by atoms with Crippen LogP contribution in [0.15, 0.2) is 75.4 Å². The molecule has 1 aliphatic heterocycles. The summed E-state index contributed by atoms with van der Waals surface area (Å²) >= 11 is 1.69. The first-order chi connectivity index (χ1) is 14.0. The van der Waals surface area contributed by atoms with Crippen LogP contribution in [0.3, 0.4) is 0 Å². The van der Waals surface area contributed by atoms with E-state index in [9.17, 15) is 4.79 Å². The van der Waals surface area contributed by atoms with Gasteiger partial charge in [-0.05, 0) is 61.9 Å². The van der Waals surface area contributed by atoms with Crippen LogP contribution in [0.2, 0.25) is 0 Å². The highest BCUT2D eigenvalue weighted by Gasteiger charge is 2.17. The van der Waals surface area contributed by atoms with Crippen LogP contribution in [0.1, 0.15) is 34.0 Å². The Kier molecular flexibility index (Phi) is 5.41. The minimum atomic E-state index is -0.112. The second kappa shape index (κ2) is 8.13. The van der Waals surface area contributed by atoms with Gasteiger partial charge in [-0.15, -0.1) is 0 Å². The molecule has 1 aliphatic rings. The third-order valence-corrected chi connectivity index (χ3v) is 6.01. The Bertz CT molecular complexity index is 1100. The second-order valence-electron chi connectivity index (χ2n) is 7.01. The Morgan fingerprint density at radius 1 is 1.00 bits per heavy atom. The molecule has 4 nitrogen and oxygen atoms in total. The predicted molar refractivity (Wildman–Crippen MR) is 118 cm³/mol. The summed E-state index contributed by atoms with van der Waals surface area (Å²) in [5.74, 6) is 0.687. The van der Waals surface area contributed by atoms with Gasteiger partial charge < -0.3 is 10.1 Å². The second-order valence-corrected chi connectivity index (χ2v) is 8.10. The van der Waals surface area contributed by atoms with Gasteiger partial charge in [-0.25, -0.2) is 0 Å². The molecule has 1 amide bonds. The maximum atomic E-state index is 12.7. The molecule has 3 aromatic carbocycles. The predicted octanol–water partition coefficient (Wildman–Crippen LogP) is 5.54. The Morgan fingerprint density at radius 3 is 2.52 bits per heavy atom. The van der Waals surface area contributed by atoms with E-state index in [0.29, 0.717) is 12.1 Å². The van der Waals surface area contributed by atoms with Gasteiger partial charge in [0.2, 0.25) is 0 Å². The van der Waals surface area contributed by atoms with Crippen LogP contribution in [0.25, 0.3) is 0 Å². The monoisotopic (exact) mass is 402 g/mol. The molecule has 0 fully saturated rings. The molecule has 29 heavy (non-hydrogen) atoms. The summed E-state index contributed by atoms with van der Waals surface area (Å²) in [7, 11) is 1.64. The van der Waals surface area contributed by atoms with Crippen molar-refractivity contribution in [3.63, 3.8) is 0 Å². The fourth-order valence-electron chi connectivity index (χ4n) is 3.24. The number of hydrogen-bond acceptors (Lipinski definition) is 4. The summed E-state index contributed by atoms with van der Waals surface area (Å²) < 4.78 is 5.16. The zero-order chi connectivity index (χ0) is 20.4. The molecule has 3 aromatic rings. The summed E-state index contributed by atoms with van der Waals surface area (Å²) in [4.78, 5) is 19.7. The van der Waals surface area contributed by atoms with Crippen molar-refractivity contribution in [2.45, 2.75) is 30.2 Å². The number of benzene rings is 3. The smallest absolute Gasteiger partial charge is 0.251 e. The first-order valence-corrected chi connectivity index (χ1v) is 10.2. The molecule has 0 bridgehead atoms. The van der Waals surface area contributed by atoms with E-state index in [0.717, 1.165) is 33.2 Å². The van der Waals surface area contributed by atoms with Crippen molar-refractivity contribution in [2.75, 3.05) is 7.11 Å². The van der Waals surface area contributed by atoms with E-state index in [1.54, 1.807) is 18.9 Å². The van der Waals surface area contributed by atoms with E-state index in [2.05, 4.69) is 30.4 Å². The molecule has 0 saturated carbocycles. The molecular weight excluding hydrogens is 380 g/mol. The van der Waals surface area contributed by atoms with Crippen LogP contribution in [-0.4, -0.2) is 18.7 Å². The first-order valence-electron chi connectivity index (χ1n) is 9.43. The minimum Gasteiger partial charge on any atom is -0.497 e. The number of carbonyl (C=O) groups excluding carboxylic acids is 1. The van der Waals surface area contributed by atoms with Gasteiger partial charge in [-0.2, -0.15) is 0 Å². The van der Waals surface area contributed by atoms with Crippen LogP contribution in [0.4, 0.5) is 5.69 Å². The first kappa shape index (κ1) is 19.3. The molecule has 1 N–H and O–H groups in total. The van der Waals surface area contributed by atoms with Crippen LogP contribution in [-0.2, 0) is 6.54 Å². The van der Waals surface area contributed by atoms with Crippen LogP contribution in [0, 0.1) is 6.92 Å². The van der Waals surface area contributed by atoms with Gasteiger partial charge in [-0.3, -0.25) is 9.79 Å². The van der Waals surface area contributed by atoms with Crippen LogP contribution in [0.5, 0.6) is 5.75 Å². The Labute approximate surface area is 175 Å². The fraction of sp³-hybridized carbons (Fsp3) is 0.167. The number of hydrogen-bond donors (Lipinski definition) is 1. The van der Waals surface area contributed by atoms with Crippen molar-refractivity contribution in [1.82, 2.24) is 5.32 Å². The third-order valence-electron chi connectivity index (χ3n) is 4.87. The number of rotatable bonds is 4. The molecule has 0 unspecified atom stereocenters. The SMILES string of the molecule is COc1ccc(CNC(=O)c2ccc3c(c2)N=C(C)c2cc(C)ccc2S3)cc1. The van der Waals surface area contributed by atoms with Gasteiger partial charge in [0.15, 0.2) is 0 Å². The quantitative estimate of drug-likeness (QED) is 0.623. The molecule has 0 aromatic heterocycles. The van der Waals surface area contributed by atoms with E-state index in [1.807, 2.05) is 49.4 Å². The zero-order valence-electron chi connectivity index (χ0n) is 16.7. The number of nitrogens with one attached hydrogen (secondary N) is 1. The molecule has 0 saturated heterocycles. The van der Waals surface area contributed by atoms with Gasteiger partial charge in [0.25, 0.3) is 5.91 Å². The van der Waals surface area contributed by atoms with Crippen molar-refractivity contribution in [3.8, 4) is 5.75 Å². The Morgan fingerprint density at radius 2 is 1.76 bits per heavy atom. The molecular formula is C24H22N2O2S. The largest absolute Gasteiger partial charge is 0.497 e. The maximum absolute atomic E-state index is 12.7. The fourth-order valence-corrected chi connectivity index (χ4v) is 4.27. The summed E-state index contributed by atoms with van der Waals surface area (Å²) in [5, 5.41) is 2.98. The van der Waals surface area contributed by atoms with Crippen molar-refractivity contribution in [2.24, 2.45) is 4.99 Å². The van der Waals surface area contributed by atoms with Gasteiger partial charge in [0, 0.05) is 33.2 Å². The number of amides is 1. The van der Waals surface area contributed by atoms with Crippen molar-refractivity contribution in [3.05, 3.63) is 82.9 Å². The lowest BCUT2D eigenvalue weighted by Crippen LogP contribution is -2.22. The minimum absolute atomic E-state index is 0.112. The molecule has 146 valence electrons. The number of aryl methyl sites for hydroxylation is 1. The average Bonchev–Trinajstić information content (AvgIpc) is 2.87. The number of carbonyl (C=O) groups is 1. The Hall–Kier alpha value is -3.05. The lowest BCUT2D eigenvalue weighted by Gasteiger charge is -2.09. The third kappa shape index (κ3) is 4.20. The standard InChI is InChI=1S/C24H22N2O2S/c1-15-4-10-22-20(12-15)16(2)26-21-13-18(7-11-23(21)29-22)24(27)25-14-17-5-8-19(28-3)9-6-17/h4-13H,14H2,1-3H3,(H,25,27). The summed E-state index contributed by atoms with van der Waals surface area (Å²) in [6.45, 7) is 4.56. The Balaban J connectivity index is 1.54. The number of ether oxygens (including phenoxy) is 1. The highest BCUT2D eigenvalue weighted by atomic mass is 32.2. The van der Waals surface area contributed by atoms with Crippen LogP contribution < -0.4 is 10.1 Å². The van der Waals surface area contributed by atoms with E-state index < -0.39 is 0 Å². The van der Waals surface area contributed by atoms with Gasteiger partial charge >= 0.3 is 0 Å². The van der Waals surface area contributed by atoms with Gasteiger partial charge in [-0.1, -0.05) is 35.5 Å².